The fourth-order valence-corrected chi connectivity index (χ4v) is 2.25. The molecule has 0 spiro atoms. The molecule has 2 N–H and O–H groups in total. The summed E-state index contributed by atoms with van der Waals surface area (Å²) >= 11 is 0. The number of carbonyl (C=O) groups excluding carboxylic acids is 1. The second kappa shape index (κ2) is 7.49. The standard InChI is InChI=1S/C16H19N3O5/c1-10(13-6-12(23-2)4-5-14(13)24-3)18-15(20)9-19-8-11(7-17-19)16(21)22/h4-8,10H,9H2,1-3H3,(H,18,20)(H,21,22)/t10-/m1/s1. The molecule has 1 aromatic heterocycles. The van der Waals surface area contributed by atoms with Gasteiger partial charge >= 0.3 is 5.97 Å². The van der Waals surface area contributed by atoms with Gasteiger partial charge in [0.25, 0.3) is 0 Å². The van der Waals surface area contributed by atoms with E-state index in [9.17, 15) is 9.59 Å². The number of nitrogens with one attached hydrogen (secondary N) is 1. The van der Waals surface area contributed by atoms with Crippen molar-refractivity contribution in [3.63, 3.8) is 0 Å². The number of hydrogen-bond acceptors (Lipinski definition) is 5. The van der Waals surface area contributed by atoms with Gasteiger partial charge in [-0.2, -0.15) is 5.10 Å². The molecule has 0 aliphatic carbocycles. The third-order valence-corrected chi connectivity index (χ3v) is 3.47. The van der Waals surface area contributed by atoms with Crippen LogP contribution in [0.2, 0.25) is 0 Å². The fraction of sp³-hybridized carbons (Fsp3) is 0.312. The van der Waals surface area contributed by atoms with Gasteiger partial charge in [0, 0.05) is 11.8 Å². The van der Waals surface area contributed by atoms with Crippen molar-refractivity contribution < 1.29 is 24.2 Å². The van der Waals surface area contributed by atoms with Crippen molar-refractivity contribution in [1.29, 1.82) is 0 Å². The van der Waals surface area contributed by atoms with Gasteiger partial charge in [-0.3, -0.25) is 9.48 Å². The molecule has 0 radical (unpaired) electrons. The monoisotopic (exact) mass is 333 g/mol. The Hall–Kier alpha value is -3.03. The summed E-state index contributed by atoms with van der Waals surface area (Å²) in [7, 11) is 3.11. The van der Waals surface area contributed by atoms with E-state index in [1.807, 2.05) is 6.92 Å². The molecule has 2 rings (SSSR count). The van der Waals surface area contributed by atoms with Crippen molar-refractivity contribution in [3.05, 3.63) is 41.7 Å². The summed E-state index contributed by atoms with van der Waals surface area (Å²) in [5.41, 5.74) is 0.808. The summed E-state index contributed by atoms with van der Waals surface area (Å²) in [6, 6.07) is 5.01. The van der Waals surface area contributed by atoms with Crippen LogP contribution in [-0.4, -0.2) is 41.0 Å². The largest absolute Gasteiger partial charge is 0.497 e. The van der Waals surface area contributed by atoms with Gasteiger partial charge in [0.1, 0.15) is 18.0 Å². The van der Waals surface area contributed by atoms with Crippen LogP contribution < -0.4 is 14.8 Å². The van der Waals surface area contributed by atoms with Crippen molar-refractivity contribution in [3.8, 4) is 11.5 Å². The van der Waals surface area contributed by atoms with Crippen molar-refractivity contribution in [2.24, 2.45) is 0 Å². The molecular weight excluding hydrogens is 314 g/mol. The van der Waals surface area contributed by atoms with E-state index in [1.165, 1.54) is 17.1 Å². The van der Waals surface area contributed by atoms with Crippen LogP contribution in [0.25, 0.3) is 0 Å². The predicted octanol–water partition coefficient (Wildman–Crippen LogP) is 1.48. The van der Waals surface area contributed by atoms with Crippen molar-refractivity contribution >= 4 is 11.9 Å². The van der Waals surface area contributed by atoms with Crippen LogP contribution in [0.4, 0.5) is 0 Å². The Morgan fingerprint density at radius 3 is 2.67 bits per heavy atom. The van der Waals surface area contributed by atoms with Crippen molar-refractivity contribution in [1.82, 2.24) is 15.1 Å². The quantitative estimate of drug-likeness (QED) is 0.795. The number of hydrogen-bond donors (Lipinski definition) is 2. The maximum absolute atomic E-state index is 12.1. The molecule has 0 aliphatic rings. The second-order valence-electron chi connectivity index (χ2n) is 5.13. The predicted molar refractivity (Wildman–Crippen MR) is 85.3 cm³/mol. The van der Waals surface area contributed by atoms with E-state index < -0.39 is 5.97 Å². The molecule has 128 valence electrons. The first kappa shape index (κ1) is 17.3. The molecular formula is C16H19N3O5. The lowest BCUT2D eigenvalue weighted by molar-refractivity contribution is -0.122. The molecule has 1 amide bonds. The molecule has 0 saturated heterocycles. The Morgan fingerprint density at radius 1 is 1.33 bits per heavy atom. The van der Waals surface area contributed by atoms with E-state index in [2.05, 4.69) is 10.4 Å². The third-order valence-electron chi connectivity index (χ3n) is 3.47. The number of methoxy groups -OCH3 is 2. The summed E-state index contributed by atoms with van der Waals surface area (Å²) in [5, 5.41) is 15.5. The van der Waals surface area contributed by atoms with Crippen LogP contribution in [0.3, 0.4) is 0 Å². The molecule has 1 heterocycles. The Labute approximate surface area is 139 Å². The van der Waals surface area contributed by atoms with Gasteiger partial charge in [-0.15, -0.1) is 0 Å². The number of carboxylic acids is 1. The van der Waals surface area contributed by atoms with E-state index >= 15 is 0 Å². The van der Waals surface area contributed by atoms with Gasteiger partial charge in [0.15, 0.2) is 0 Å². The van der Waals surface area contributed by atoms with Crippen LogP contribution in [-0.2, 0) is 11.3 Å². The molecule has 8 nitrogen and oxygen atoms in total. The molecule has 1 aromatic carbocycles. The van der Waals surface area contributed by atoms with Gasteiger partial charge in [-0.1, -0.05) is 0 Å². The van der Waals surface area contributed by atoms with Gasteiger partial charge in [-0.25, -0.2) is 4.79 Å². The minimum atomic E-state index is -1.09. The highest BCUT2D eigenvalue weighted by Gasteiger charge is 2.16. The Kier molecular flexibility index (Phi) is 5.41. The molecule has 2 aromatic rings. The zero-order chi connectivity index (χ0) is 17.7. The number of aromatic carboxylic acids is 1. The van der Waals surface area contributed by atoms with Crippen LogP contribution >= 0.6 is 0 Å². The Bertz CT molecular complexity index is 741. The van der Waals surface area contributed by atoms with Gasteiger partial charge < -0.3 is 19.9 Å². The highest BCUT2D eigenvalue weighted by atomic mass is 16.5. The summed E-state index contributed by atoms with van der Waals surface area (Å²) in [6.45, 7) is 1.74. The number of carboxylic acid groups (broad SMARTS) is 1. The van der Waals surface area contributed by atoms with Gasteiger partial charge in [-0.05, 0) is 25.1 Å². The molecule has 0 bridgehead atoms. The van der Waals surface area contributed by atoms with Gasteiger partial charge in [0.05, 0.1) is 32.0 Å². The number of carbonyl (C=O) groups is 2. The smallest absolute Gasteiger partial charge is 0.338 e. The second-order valence-corrected chi connectivity index (χ2v) is 5.13. The first-order valence-electron chi connectivity index (χ1n) is 7.21. The molecule has 0 saturated carbocycles. The Balaban J connectivity index is 2.06. The number of aromatic nitrogens is 2. The zero-order valence-corrected chi connectivity index (χ0v) is 13.6. The maximum Gasteiger partial charge on any atom is 0.338 e. The average Bonchev–Trinajstić information content (AvgIpc) is 3.02. The van der Waals surface area contributed by atoms with Crippen LogP contribution in [0.15, 0.2) is 30.6 Å². The van der Waals surface area contributed by atoms with E-state index in [0.29, 0.717) is 11.5 Å². The summed E-state index contributed by atoms with van der Waals surface area (Å²) in [4.78, 5) is 23.0. The molecule has 24 heavy (non-hydrogen) atoms. The lowest BCUT2D eigenvalue weighted by atomic mass is 10.1. The van der Waals surface area contributed by atoms with Crippen LogP contribution in [0.5, 0.6) is 11.5 Å². The molecule has 8 heteroatoms. The number of rotatable bonds is 7. The normalized spacial score (nSPS) is 11.6. The minimum absolute atomic E-state index is 0.0327. The fourth-order valence-electron chi connectivity index (χ4n) is 2.25. The number of amides is 1. The molecule has 0 aliphatic heterocycles. The Morgan fingerprint density at radius 2 is 2.08 bits per heavy atom. The highest BCUT2D eigenvalue weighted by molar-refractivity contribution is 5.87. The van der Waals surface area contributed by atoms with Crippen LogP contribution in [0, 0.1) is 0 Å². The number of nitrogens with zero attached hydrogens (tertiary/aromatic N) is 2. The van der Waals surface area contributed by atoms with E-state index in [-0.39, 0.29) is 24.1 Å². The van der Waals surface area contributed by atoms with Gasteiger partial charge in [0.2, 0.25) is 5.91 Å². The first-order chi connectivity index (χ1) is 11.4. The number of ether oxygens (including phenoxy) is 2. The van der Waals surface area contributed by atoms with E-state index in [4.69, 9.17) is 14.6 Å². The topological polar surface area (TPSA) is 103 Å². The van der Waals surface area contributed by atoms with E-state index in [1.54, 1.807) is 32.4 Å². The molecule has 0 unspecified atom stereocenters. The van der Waals surface area contributed by atoms with E-state index in [0.717, 1.165) is 5.56 Å². The average molecular weight is 333 g/mol. The minimum Gasteiger partial charge on any atom is -0.497 e. The lowest BCUT2D eigenvalue weighted by Crippen LogP contribution is -2.30. The maximum atomic E-state index is 12.1. The van der Waals surface area contributed by atoms with Crippen LogP contribution in [0.1, 0.15) is 28.9 Å². The van der Waals surface area contributed by atoms with Crippen molar-refractivity contribution in [2.45, 2.75) is 19.5 Å². The zero-order valence-electron chi connectivity index (χ0n) is 13.6. The summed E-state index contributed by atoms with van der Waals surface area (Å²) in [5.74, 6) is -0.0931. The highest BCUT2D eigenvalue weighted by Crippen LogP contribution is 2.29. The summed E-state index contributed by atoms with van der Waals surface area (Å²) in [6.07, 6.45) is 2.50. The van der Waals surface area contributed by atoms with Crippen molar-refractivity contribution in [2.75, 3.05) is 14.2 Å². The molecule has 1 atom stereocenters. The molecule has 0 fully saturated rings. The summed E-state index contributed by atoms with van der Waals surface area (Å²) < 4.78 is 11.8. The SMILES string of the molecule is COc1ccc(OC)c([C@@H](C)NC(=O)Cn2cc(C(=O)O)cn2)c1. The number of benzene rings is 1. The lowest BCUT2D eigenvalue weighted by Gasteiger charge is -2.18. The third kappa shape index (κ3) is 4.03. The first-order valence-corrected chi connectivity index (χ1v) is 7.21.